The molecule has 0 saturated carbocycles. The van der Waals surface area contributed by atoms with Gasteiger partial charge in [0.05, 0.1) is 11.4 Å². The highest BCUT2D eigenvalue weighted by Gasteiger charge is 2.30. The minimum Gasteiger partial charge on any atom is -0.355 e. The van der Waals surface area contributed by atoms with E-state index in [2.05, 4.69) is 82.7 Å². The molecule has 0 spiro atoms. The predicted molar refractivity (Wildman–Crippen MR) is 157 cm³/mol. The van der Waals surface area contributed by atoms with Crippen LogP contribution in [0.15, 0.2) is 18.2 Å². The minimum atomic E-state index is 0.328. The first-order chi connectivity index (χ1) is 17.8. The normalized spacial score (nSPS) is 17.4. The molecular weight excluding hydrogens is 454 g/mol. The fourth-order valence-corrected chi connectivity index (χ4v) is 6.25. The van der Waals surface area contributed by atoms with Gasteiger partial charge in [-0.25, -0.2) is 4.98 Å². The lowest BCUT2D eigenvalue weighted by Gasteiger charge is -2.16. The fraction of sp³-hybridized carbons (Fsp3) is 0.438. The predicted octanol–water partition coefficient (Wildman–Crippen LogP) is 7.55. The van der Waals surface area contributed by atoms with E-state index in [0.29, 0.717) is 18.4 Å². The molecule has 0 aromatic carbocycles. The van der Waals surface area contributed by atoms with Crippen LogP contribution in [0.2, 0.25) is 0 Å². The molecular formula is C32H41N5. The van der Waals surface area contributed by atoms with E-state index in [9.17, 15) is 0 Å². The molecule has 0 radical (unpaired) electrons. The summed E-state index contributed by atoms with van der Waals surface area (Å²) in [5, 5.41) is 0. The third kappa shape index (κ3) is 4.33. The molecule has 0 unspecified atom stereocenters. The number of nitrogens with zero attached hydrogens (tertiary/aromatic N) is 2. The first kappa shape index (κ1) is 25.5. The summed E-state index contributed by atoms with van der Waals surface area (Å²) in [6.07, 6.45) is 6.20. The van der Waals surface area contributed by atoms with Gasteiger partial charge >= 0.3 is 0 Å². The lowest BCUT2D eigenvalue weighted by molar-refractivity contribution is 0.537. The average molecular weight is 496 g/mol. The SMILES string of the molecule is CCc1c(C)c2cc3[nH]c(cc4nc(c(C)c5nc(cc1[nH]2)C(C)=C5)[C@@H](CCCN)[C@@H]4C)c(C)c3CC. The maximum Gasteiger partial charge on any atom is 0.0687 e. The highest BCUT2D eigenvalue weighted by Crippen LogP contribution is 2.41. The molecule has 2 aliphatic rings. The standard InChI is InChI=1S/C32H41N5/c1-8-22-19(5)28-16-31-23(9-2)18(4)27(35-31)15-29-20(6)24(11-10-12-33)32(37-29)21(7)26-13-17(3)25(34-26)14-30(22)36-28/h13-16,20,24,35-36H,8-12,33H2,1-7H3/t20-,24-/m0/s1. The lowest BCUT2D eigenvalue weighted by atomic mass is 9.86. The molecule has 3 aromatic rings. The van der Waals surface area contributed by atoms with Gasteiger partial charge in [-0.05, 0) is 118 Å². The summed E-state index contributed by atoms with van der Waals surface area (Å²) in [6.45, 7) is 16.3. The van der Waals surface area contributed by atoms with Crippen LogP contribution in [0, 0.1) is 20.8 Å². The van der Waals surface area contributed by atoms with Gasteiger partial charge in [0, 0.05) is 45.3 Å². The van der Waals surface area contributed by atoms with Crippen LogP contribution in [-0.4, -0.2) is 26.5 Å². The Balaban J connectivity index is 1.93. The van der Waals surface area contributed by atoms with Gasteiger partial charge in [0.15, 0.2) is 0 Å². The Morgan fingerprint density at radius 2 is 1.43 bits per heavy atom. The molecule has 2 atom stereocenters. The molecule has 0 amide bonds. The number of nitrogens with one attached hydrogen (secondary N) is 2. The Bertz CT molecular complexity index is 1550. The van der Waals surface area contributed by atoms with Gasteiger partial charge in [-0.15, -0.1) is 0 Å². The van der Waals surface area contributed by atoms with Crippen LogP contribution in [0.4, 0.5) is 0 Å². The van der Waals surface area contributed by atoms with Crippen molar-refractivity contribution < 1.29 is 0 Å². The van der Waals surface area contributed by atoms with Crippen molar-refractivity contribution in [2.45, 2.75) is 86.0 Å². The monoisotopic (exact) mass is 495 g/mol. The molecule has 4 N–H and O–H groups in total. The molecule has 5 rings (SSSR count). The van der Waals surface area contributed by atoms with Gasteiger partial charge in [-0.3, -0.25) is 4.98 Å². The zero-order valence-corrected chi connectivity index (χ0v) is 23.5. The Hall–Kier alpha value is -3.18. The van der Waals surface area contributed by atoms with Gasteiger partial charge in [0.25, 0.3) is 0 Å². The number of hydrogen-bond donors (Lipinski definition) is 3. The van der Waals surface area contributed by atoms with E-state index in [-0.39, 0.29) is 0 Å². The second-order valence-corrected chi connectivity index (χ2v) is 10.8. The lowest BCUT2D eigenvalue weighted by Crippen LogP contribution is -2.07. The third-order valence-corrected chi connectivity index (χ3v) is 8.63. The van der Waals surface area contributed by atoms with Gasteiger partial charge in [-0.2, -0.15) is 0 Å². The highest BCUT2D eigenvalue weighted by atomic mass is 14.8. The molecule has 3 aromatic heterocycles. The van der Waals surface area contributed by atoms with E-state index >= 15 is 0 Å². The molecule has 37 heavy (non-hydrogen) atoms. The van der Waals surface area contributed by atoms with Crippen molar-refractivity contribution in [3.05, 3.63) is 68.8 Å². The zero-order chi connectivity index (χ0) is 26.4. The topological polar surface area (TPSA) is 83.4 Å². The van der Waals surface area contributed by atoms with Gasteiger partial charge < -0.3 is 15.7 Å². The Labute approximate surface area is 220 Å². The number of rotatable bonds is 5. The molecule has 8 bridgehead atoms. The van der Waals surface area contributed by atoms with Crippen molar-refractivity contribution in [3.63, 3.8) is 0 Å². The highest BCUT2D eigenvalue weighted by molar-refractivity contribution is 5.85. The summed E-state index contributed by atoms with van der Waals surface area (Å²) in [7, 11) is 0. The van der Waals surface area contributed by atoms with E-state index in [1.165, 1.54) is 44.6 Å². The number of aromatic amines is 2. The minimum absolute atomic E-state index is 0.328. The Kier molecular flexibility index (Phi) is 6.84. The van der Waals surface area contributed by atoms with Crippen LogP contribution in [0.1, 0.15) is 103 Å². The van der Waals surface area contributed by atoms with Gasteiger partial charge in [0.2, 0.25) is 0 Å². The summed E-state index contributed by atoms with van der Waals surface area (Å²) in [6, 6.07) is 6.80. The molecule has 194 valence electrons. The Morgan fingerprint density at radius 3 is 2.05 bits per heavy atom. The van der Waals surface area contributed by atoms with Crippen molar-refractivity contribution in [1.82, 2.24) is 19.9 Å². The largest absolute Gasteiger partial charge is 0.355 e. The number of aryl methyl sites for hydroxylation is 4. The first-order valence-corrected chi connectivity index (χ1v) is 13.9. The molecule has 5 nitrogen and oxygen atoms in total. The van der Waals surface area contributed by atoms with Gasteiger partial charge in [0.1, 0.15) is 0 Å². The van der Waals surface area contributed by atoms with Crippen LogP contribution >= 0.6 is 0 Å². The van der Waals surface area contributed by atoms with Gasteiger partial charge in [-0.1, -0.05) is 20.8 Å². The molecule has 0 fully saturated rings. The van der Waals surface area contributed by atoms with Crippen LogP contribution < -0.4 is 5.73 Å². The maximum absolute atomic E-state index is 5.94. The summed E-state index contributed by atoms with van der Waals surface area (Å²) in [5.41, 5.74) is 22.7. The number of aromatic nitrogens is 4. The van der Waals surface area contributed by atoms with Crippen LogP contribution in [0.5, 0.6) is 0 Å². The number of allylic oxidation sites excluding steroid dienone is 1. The first-order valence-electron chi connectivity index (χ1n) is 13.9. The van der Waals surface area contributed by atoms with Crippen LogP contribution in [0.25, 0.3) is 33.7 Å². The van der Waals surface area contributed by atoms with Crippen molar-refractivity contribution in [2.24, 2.45) is 5.73 Å². The second kappa shape index (κ2) is 9.94. The molecule has 0 aliphatic carbocycles. The van der Waals surface area contributed by atoms with Crippen molar-refractivity contribution in [3.8, 4) is 0 Å². The second-order valence-electron chi connectivity index (χ2n) is 10.8. The Morgan fingerprint density at radius 1 is 0.811 bits per heavy atom. The summed E-state index contributed by atoms with van der Waals surface area (Å²) in [5.74, 6) is 0.677. The quantitative estimate of drug-likeness (QED) is 0.342. The van der Waals surface area contributed by atoms with Crippen molar-refractivity contribution in [1.29, 1.82) is 0 Å². The van der Waals surface area contributed by atoms with E-state index in [4.69, 9.17) is 15.7 Å². The smallest absolute Gasteiger partial charge is 0.0687 e. The number of hydrogen-bond acceptors (Lipinski definition) is 3. The third-order valence-electron chi connectivity index (χ3n) is 8.63. The van der Waals surface area contributed by atoms with E-state index in [1.807, 2.05) is 0 Å². The maximum atomic E-state index is 5.94. The van der Waals surface area contributed by atoms with Crippen LogP contribution in [0.3, 0.4) is 0 Å². The van der Waals surface area contributed by atoms with Crippen molar-refractivity contribution in [2.75, 3.05) is 6.54 Å². The fourth-order valence-electron chi connectivity index (χ4n) is 6.25. The summed E-state index contributed by atoms with van der Waals surface area (Å²) >= 11 is 0. The molecule has 5 heteroatoms. The summed E-state index contributed by atoms with van der Waals surface area (Å²) in [4.78, 5) is 17.9. The number of nitrogens with two attached hydrogens (primary N) is 1. The molecule has 5 heterocycles. The zero-order valence-electron chi connectivity index (χ0n) is 23.5. The number of H-pyrrole nitrogens is 2. The average Bonchev–Trinajstić information content (AvgIpc) is 3.57. The van der Waals surface area contributed by atoms with E-state index in [1.54, 1.807) is 0 Å². The number of fused-ring (bicyclic) bond motifs is 8. The molecule has 0 saturated heterocycles. The summed E-state index contributed by atoms with van der Waals surface area (Å²) < 4.78 is 0. The van der Waals surface area contributed by atoms with Crippen molar-refractivity contribution >= 4 is 33.7 Å². The van der Waals surface area contributed by atoms with E-state index in [0.717, 1.165) is 59.3 Å². The van der Waals surface area contributed by atoms with E-state index < -0.39 is 0 Å². The van der Waals surface area contributed by atoms with Crippen LogP contribution in [-0.2, 0) is 12.8 Å². The molecule has 2 aliphatic heterocycles.